The molecule has 31 heavy (non-hydrogen) atoms. The Morgan fingerprint density at radius 3 is 2.81 bits per heavy atom. The minimum absolute atomic E-state index is 0.0312. The molecule has 1 aliphatic rings. The first-order valence-electron chi connectivity index (χ1n) is 9.79. The second-order valence-corrected chi connectivity index (χ2v) is 7.98. The van der Waals surface area contributed by atoms with Gasteiger partial charge in [0.1, 0.15) is 11.6 Å². The fourth-order valence-corrected chi connectivity index (χ4v) is 4.18. The highest BCUT2D eigenvalue weighted by Crippen LogP contribution is 2.42. The number of aromatic amines is 1. The van der Waals surface area contributed by atoms with E-state index in [1.165, 1.54) is 13.0 Å². The Labute approximate surface area is 184 Å². The van der Waals surface area contributed by atoms with Gasteiger partial charge in [0, 0.05) is 22.2 Å². The summed E-state index contributed by atoms with van der Waals surface area (Å²) >= 11 is 6.64. The first-order chi connectivity index (χ1) is 14.8. The van der Waals surface area contributed by atoms with Crippen LogP contribution in [0.2, 0.25) is 5.02 Å². The number of halogens is 2. The van der Waals surface area contributed by atoms with E-state index in [0.29, 0.717) is 45.9 Å². The number of carbonyl (C=O) groups excluding carboxylic acids is 1. The van der Waals surface area contributed by atoms with Crippen molar-refractivity contribution in [2.45, 2.75) is 26.7 Å². The lowest BCUT2D eigenvalue weighted by molar-refractivity contribution is -0.113. The third-order valence-corrected chi connectivity index (χ3v) is 5.85. The summed E-state index contributed by atoms with van der Waals surface area (Å²) in [6.45, 7) is 7.08. The summed E-state index contributed by atoms with van der Waals surface area (Å²) in [4.78, 5) is 19.8. The molecule has 0 spiro atoms. The highest BCUT2D eigenvalue weighted by molar-refractivity contribution is 6.33. The number of hydrogen-bond donors (Lipinski definition) is 1. The second kappa shape index (κ2) is 7.98. The Balaban J connectivity index is 1.98. The van der Waals surface area contributed by atoms with E-state index in [2.05, 4.69) is 22.6 Å². The molecular formula is C25H19ClFN3O. The average Bonchev–Trinajstić information content (AvgIpc) is 3.15. The van der Waals surface area contributed by atoms with Crippen molar-refractivity contribution >= 4 is 34.0 Å². The standard InChI is InChI=1S/C25H19ClFN3O/c1-13-9-22-23(11-21(13)27)30-25(29-22)18-5-4-6-20(26)24(18)17-8-7-16(15(3)31)10-19(17)14(2)12-28/h4-6,9-11H,2,7-8H2,1,3H3,(H,29,30). The van der Waals surface area contributed by atoms with Crippen LogP contribution in [0.1, 0.15) is 30.9 Å². The first kappa shape index (κ1) is 20.8. The number of allylic oxidation sites excluding steroid dienone is 5. The number of imidazole rings is 1. The van der Waals surface area contributed by atoms with Crippen LogP contribution < -0.4 is 0 Å². The van der Waals surface area contributed by atoms with Crippen LogP contribution in [0, 0.1) is 24.1 Å². The van der Waals surface area contributed by atoms with Gasteiger partial charge < -0.3 is 4.98 Å². The normalized spacial score (nSPS) is 13.8. The lowest BCUT2D eigenvalue weighted by Gasteiger charge is -2.22. The summed E-state index contributed by atoms with van der Waals surface area (Å²) in [5.41, 5.74) is 5.58. The predicted octanol–water partition coefficient (Wildman–Crippen LogP) is 6.47. The molecule has 1 N–H and O–H groups in total. The van der Waals surface area contributed by atoms with Crippen LogP contribution >= 0.6 is 11.6 Å². The summed E-state index contributed by atoms with van der Waals surface area (Å²) < 4.78 is 14.0. The molecule has 1 heterocycles. The van der Waals surface area contributed by atoms with Crippen LogP contribution in [0.3, 0.4) is 0 Å². The fourth-order valence-electron chi connectivity index (χ4n) is 3.89. The van der Waals surface area contributed by atoms with Gasteiger partial charge in [-0.05, 0) is 67.2 Å². The number of aromatic nitrogens is 2. The second-order valence-electron chi connectivity index (χ2n) is 7.57. The van der Waals surface area contributed by atoms with Gasteiger partial charge in [-0.1, -0.05) is 30.3 Å². The fraction of sp³-hybridized carbons (Fsp3) is 0.160. The first-order valence-corrected chi connectivity index (χ1v) is 10.2. The molecule has 0 amide bonds. The molecule has 0 saturated heterocycles. The van der Waals surface area contributed by atoms with Gasteiger partial charge in [0.2, 0.25) is 0 Å². The molecule has 1 aromatic heterocycles. The summed E-state index contributed by atoms with van der Waals surface area (Å²) in [7, 11) is 0. The van der Waals surface area contributed by atoms with Crippen molar-refractivity contribution in [3.63, 3.8) is 0 Å². The molecule has 0 fully saturated rings. The number of nitrogens with zero attached hydrogens (tertiary/aromatic N) is 2. The summed E-state index contributed by atoms with van der Waals surface area (Å²) in [5, 5.41) is 9.99. The van der Waals surface area contributed by atoms with Crippen molar-refractivity contribution in [1.29, 1.82) is 5.26 Å². The molecule has 1 aliphatic carbocycles. The maximum atomic E-state index is 14.0. The van der Waals surface area contributed by atoms with E-state index in [1.807, 2.05) is 12.1 Å². The van der Waals surface area contributed by atoms with Crippen LogP contribution in [-0.4, -0.2) is 15.8 Å². The third-order valence-electron chi connectivity index (χ3n) is 5.53. The van der Waals surface area contributed by atoms with Gasteiger partial charge in [-0.3, -0.25) is 4.79 Å². The molecule has 0 saturated carbocycles. The van der Waals surface area contributed by atoms with Crippen LogP contribution in [0.4, 0.5) is 4.39 Å². The number of rotatable bonds is 4. The van der Waals surface area contributed by atoms with Gasteiger partial charge in [-0.2, -0.15) is 5.26 Å². The Hall–Kier alpha value is -3.49. The maximum absolute atomic E-state index is 14.0. The Bertz CT molecular complexity index is 1330. The summed E-state index contributed by atoms with van der Waals surface area (Å²) in [6, 6.07) is 10.7. The molecule has 0 atom stereocenters. The number of nitriles is 1. The Kier molecular flexibility index (Phi) is 5.34. The zero-order valence-electron chi connectivity index (χ0n) is 17.1. The number of carbonyl (C=O) groups is 1. The molecule has 4 rings (SSSR count). The van der Waals surface area contributed by atoms with E-state index in [9.17, 15) is 14.4 Å². The minimum Gasteiger partial charge on any atom is -0.338 e. The predicted molar refractivity (Wildman–Crippen MR) is 121 cm³/mol. The van der Waals surface area contributed by atoms with Crippen molar-refractivity contribution in [3.8, 4) is 17.5 Å². The molecule has 0 aliphatic heterocycles. The molecule has 0 radical (unpaired) electrons. The minimum atomic E-state index is -0.318. The zero-order chi connectivity index (χ0) is 22.3. The highest BCUT2D eigenvalue weighted by Gasteiger charge is 2.24. The lowest BCUT2D eigenvalue weighted by atomic mass is 9.82. The lowest BCUT2D eigenvalue weighted by Crippen LogP contribution is -2.07. The van der Waals surface area contributed by atoms with Crippen LogP contribution in [0.15, 0.2) is 59.7 Å². The monoisotopic (exact) mass is 431 g/mol. The molecular weight excluding hydrogens is 413 g/mol. The number of nitrogens with one attached hydrogen (secondary N) is 1. The topological polar surface area (TPSA) is 69.5 Å². The number of fused-ring (bicyclic) bond motifs is 1. The molecule has 154 valence electrons. The van der Waals surface area contributed by atoms with Gasteiger partial charge in [0.05, 0.1) is 22.7 Å². The largest absolute Gasteiger partial charge is 0.338 e. The van der Waals surface area contributed by atoms with E-state index in [0.717, 1.165) is 22.2 Å². The van der Waals surface area contributed by atoms with E-state index in [-0.39, 0.29) is 17.2 Å². The van der Waals surface area contributed by atoms with Gasteiger partial charge in [-0.25, -0.2) is 9.37 Å². The Morgan fingerprint density at radius 1 is 1.32 bits per heavy atom. The van der Waals surface area contributed by atoms with Crippen LogP contribution in [-0.2, 0) is 4.79 Å². The summed E-state index contributed by atoms with van der Waals surface area (Å²) in [5.74, 6) is 0.200. The number of H-pyrrole nitrogens is 1. The SMILES string of the molecule is C=C(C#N)C1=C(c2c(Cl)cccc2-c2nc3cc(F)c(C)cc3[nH]2)CCC(C(C)=O)=C1. The average molecular weight is 432 g/mol. The molecule has 6 heteroatoms. The van der Waals surface area contributed by atoms with Crippen molar-refractivity contribution < 1.29 is 9.18 Å². The van der Waals surface area contributed by atoms with Crippen molar-refractivity contribution in [2.24, 2.45) is 0 Å². The quantitative estimate of drug-likeness (QED) is 0.481. The van der Waals surface area contributed by atoms with E-state index >= 15 is 0 Å². The van der Waals surface area contributed by atoms with Gasteiger partial charge >= 0.3 is 0 Å². The highest BCUT2D eigenvalue weighted by atomic mass is 35.5. The number of aryl methyl sites for hydroxylation is 1. The molecule has 0 unspecified atom stereocenters. The maximum Gasteiger partial charge on any atom is 0.155 e. The van der Waals surface area contributed by atoms with Gasteiger partial charge in [-0.15, -0.1) is 0 Å². The third kappa shape index (κ3) is 3.71. The zero-order valence-corrected chi connectivity index (χ0v) is 17.9. The number of ketones is 1. The van der Waals surface area contributed by atoms with Crippen molar-refractivity contribution in [2.75, 3.05) is 0 Å². The van der Waals surface area contributed by atoms with E-state index in [1.54, 1.807) is 25.1 Å². The number of Topliss-reactive ketones (excluding diaryl/α,β-unsaturated/α-hetero) is 1. The molecule has 2 aromatic carbocycles. The van der Waals surface area contributed by atoms with Gasteiger partial charge in [0.25, 0.3) is 0 Å². The van der Waals surface area contributed by atoms with Crippen molar-refractivity contribution in [3.05, 3.63) is 81.7 Å². The van der Waals surface area contributed by atoms with Crippen LogP contribution in [0.5, 0.6) is 0 Å². The molecule has 3 aromatic rings. The smallest absolute Gasteiger partial charge is 0.155 e. The van der Waals surface area contributed by atoms with Gasteiger partial charge in [0.15, 0.2) is 5.78 Å². The number of hydrogen-bond acceptors (Lipinski definition) is 3. The number of benzene rings is 2. The molecule has 4 nitrogen and oxygen atoms in total. The van der Waals surface area contributed by atoms with Crippen molar-refractivity contribution in [1.82, 2.24) is 9.97 Å². The molecule has 0 bridgehead atoms. The van der Waals surface area contributed by atoms with Crippen LogP contribution in [0.25, 0.3) is 28.0 Å². The summed E-state index contributed by atoms with van der Waals surface area (Å²) in [6.07, 6.45) is 2.81. The van der Waals surface area contributed by atoms with E-state index < -0.39 is 0 Å². The van der Waals surface area contributed by atoms with E-state index in [4.69, 9.17) is 11.6 Å². The Morgan fingerprint density at radius 2 is 2.10 bits per heavy atom.